The number of fused-ring (bicyclic) bond motifs is 1. The second kappa shape index (κ2) is 10.2. The topological polar surface area (TPSA) is 124 Å². The summed E-state index contributed by atoms with van der Waals surface area (Å²) in [5.41, 5.74) is 0.568. The van der Waals surface area contributed by atoms with Gasteiger partial charge in [-0.2, -0.15) is 0 Å². The molecule has 3 N–H and O–H groups in total. The minimum atomic E-state index is -1.71. The molecule has 2 aliphatic heterocycles. The number of hydrogen-bond acceptors (Lipinski definition) is 9. The lowest BCUT2D eigenvalue weighted by molar-refractivity contribution is -0.152. The van der Waals surface area contributed by atoms with E-state index in [0.29, 0.717) is 37.6 Å². The van der Waals surface area contributed by atoms with E-state index in [1.54, 1.807) is 22.4 Å². The van der Waals surface area contributed by atoms with E-state index in [9.17, 15) is 14.7 Å². The summed E-state index contributed by atoms with van der Waals surface area (Å²) in [6.45, 7) is 7.83. The lowest BCUT2D eigenvalue weighted by Gasteiger charge is -2.40. The maximum Gasteiger partial charge on any atom is 0.260 e. The van der Waals surface area contributed by atoms with Gasteiger partial charge in [-0.15, -0.1) is 11.3 Å². The number of piperazine rings is 1. The second-order valence-corrected chi connectivity index (χ2v) is 10.7. The predicted octanol–water partition coefficient (Wildman–Crippen LogP) is 2.19. The number of thiazole rings is 1. The van der Waals surface area contributed by atoms with Gasteiger partial charge in [-0.3, -0.25) is 9.59 Å². The number of rotatable bonds is 7. The Morgan fingerprint density at radius 3 is 2.57 bits per heavy atom. The second-order valence-electron chi connectivity index (χ2n) is 9.76. The van der Waals surface area contributed by atoms with Gasteiger partial charge in [0.15, 0.2) is 5.60 Å². The summed E-state index contributed by atoms with van der Waals surface area (Å²) in [7, 11) is 0. The van der Waals surface area contributed by atoms with Gasteiger partial charge in [-0.25, -0.2) is 15.0 Å². The van der Waals surface area contributed by atoms with Crippen LogP contribution in [0.4, 0.5) is 11.6 Å². The van der Waals surface area contributed by atoms with Crippen molar-refractivity contribution in [1.29, 1.82) is 0 Å². The van der Waals surface area contributed by atoms with Crippen LogP contribution in [0.2, 0.25) is 0 Å². The smallest absolute Gasteiger partial charge is 0.260 e. The van der Waals surface area contributed by atoms with Gasteiger partial charge in [-0.1, -0.05) is 38.1 Å². The molecule has 1 saturated heterocycles. The summed E-state index contributed by atoms with van der Waals surface area (Å²) in [6, 6.07) is 7.51. The fraction of sp³-hybridized carbons (Fsp3) is 0.423. The van der Waals surface area contributed by atoms with Crippen LogP contribution in [0.3, 0.4) is 0 Å². The molecule has 0 aliphatic carbocycles. The van der Waals surface area contributed by atoms with Crippen molar-refractivity contribution < 1.29 is 14.7 Å². The molecule has 0 radical (unpaired) electrons. The predicted molar refractivity (Wildman–Crippen MR) is 142 cm³/mol. The van der Waals surface area contributed by atoms with Crippen LogP contribution in [0.5, 0.6) is 0 Å². The van der Waals surface area contributed by atoms with Gasteiger partial charge in [0, 0.05) is 61.5 Å². The first-order chi connectivity index (χ1) is 17.8. The molecule has 3 aromatic rings. The first-order valence-electron chi connectivity index (χ1n) is 12.4. The molecule has 10 nitrogen and oxygen atoms in total. The molecule has 11 heteroatoms. The van der Waals surface area contributed by atoms with E-state index in [1.165, 1.54) is 6.33 Å². The third-order valence-electron chi connectivity index (χ3n) is 6.96. The zero-order valence-corrected chi connectivity index (χ0v) is 22.0. The molecule has 2 aromatic heterocycles. The molecule has 37 heavy (non-hydrogen) atoms. The Kier molecular flexibility index (Phi) is 6.93. The molecule has 0 bridgehead atoms. The summed E-state index contributed by atoms with van der Waals surface area (Å²) in [4.78, 5) is 42.8. The summed E-state index contributed by atoms with van der Waals surface area (Å²) >= 11 is 1.54. The third-order valence-corrected chi connectivity index (χ3v) is 7.78. The van der Waals surface area contributed by atoms with E-state index in [4.69, 9.17) is 0 Å². The van der Waals surface area contributed by atoms with E-state index in [-0.39, 0.29) is 30.3 Å². The van der Waals surface area contributed by atoms with Gasteiger partial charge in [0.25, 0.3) is 5.91 Å². The average molecular weight is 522 g/mol. The third kappa shape index (κ3) is 4.81. The zero-order chi connectivity index (χ0) is 26.2. The van der Waals surface area contributed by atoms with Crippen molar-refractivity contribution >= 4 is 34.8 Å². The van der Waals surface area contributed by atoms with Gasteiger partial charge in [0.2, 0.25) is 5.91 Å². The van der Waals surface area contributed by atoms with Crippen LogP contribution in [-0.2, 0) is 15.2 Å². The van der Waals surface area contributed by atoms with Crippen LogP contribution in [0, 0.1) is 0 Å². The molecule has 0 saturated carbocycles. The maximum absolute atomic E-state index is 13.8. The summed E-state index contributed by atoms with van der Waals surface area (Å²) in [5.74, 6) is 0.522. The number of carbonyl (C=O) groups is 2. The van der Waals surface area contributed by atoms with Crippen molar-refractivity contribution in [2.24, 2.45) is 0 Å². The lowest BCUT2D eigenvalue weighted by Crippen LogP contribution is -2.58. The molecule has 0 spiro atoms. The highest BCUT2D eigenvalue weighted by Gasteiger charge is 2.42. The molecule has 2 aliphatic rings. The monoisotopic (exact) mass is 521 g/mol. The van der Waals surface area contributed by atoms with E-state index < -0.39 is 5.60 Å². The zero-order valence-electron chi connectivity index (χ0n) is 21.1. The highest BCUT2D eigenvalue weighted by Crippen LogP contribution is 2.37. The van der Waals surface area contributed by atoms with Crippen LogP contribution >= 0.6 is 11.3 Å². The molecule has 194 valence electrons. The van der Waals surface area contributed by atoms with Crippen LogP contribution in [0.25, 0.3) is 10.6 Å². The fourth-order valence-electron chi connectivity index (χ4n) is 4.78. The van der Waals surface area contributed by atoms with Crippen molar-refractivity contribution in [3.63, 3.8) is 0 Å². The highest BCUT2D eigenvalue weighted by atomic mass is 32.1. The first-order valence-corrected chi connectivity index (χ1v) is 13.3. The Balaban J connectivity index is 1.34. The van der Waals surface area contributed by atoms with Crippen LogP contribution in [0.1, 0.15) is 37.8 Å². The number of nitrogens with zero attached hydrogens (tertiary/aromatic N) is 5. The van der Waals surface area contributed by atoms with Crippen molar-refractivity contribution in [3.8, 4) is 10.6 Å². The van der Waals surface area contributed by atoms with Gasteiger partial charge in [0.1, 0.15) is 23.0 Å². The SMILES string of the molecule is CC(C)NC[C@@](O)(C(=O)N1CCN(c2ncnc3c2C(C)C(=O)N3)CC1)c1ccc(-c2nccs2)cc1. The van der Waals surface area contributed by atoms with Gasteiger partial charge in [-0.05, 0) is 12.5 Å². The van der Waals surface area contributed by atoms with Crippen LogP contribution in [0.15, 0.2) is 42.2 Å². The molecule has 2 amide bonds. The molecule has 5 rings (SSSR count). The number of aliphatic hydroxyl groups is 1. The van der Waals surface area contributed by atoms with Crippen molar-refractivity contribution in [2.75, 3.05) is 42.9 Å². The summed E-state index contributed by atoms with van der Waals surface area (Å²) in [6.07, 6.45) is 3.21. The highest BCUT2D eigenvalue weighted by molar-refractivity contribution is 7.13. The summed E-state index contributed by atoms with van der Waals surface area (Å²) in [5, 5.41) is 20.7. The van der Waals surface area contributed by atoms with E-state index >= 15 is 0 Å². The van der Waals surface area contributed by atoms with Crippen LogP contribution in [-0.4, -0.2) is 75.5 Å². The molecular formula is C26H31N7O3S. The standard InChI is InChI=1S/C26H31N7O3S/c1-16(2)28-14-26(36,19-6-4-18(5-7-19)24-27-8-13-37-24)25(35)33-11-9-32(10-12-33)22-20-17(3)23(34)31-21(20)29-15-30-22/h4-8,13,15-17,28,36H,9-12,14H2,1-3H3,(H,29,30,31,34)/t17?,26-/m0/s1. The average Bonchev–Trinajstić information content (AvgIpc) is 3.55. The molecule has 4 heterocycles. The molecule has 1 fully saturated rings. The van der Waals surface area contributed by atoms with Crippen molar-refractivity contribution in [2.45, 2.75) is 38.3 Å². The Morgan fingerprint density at radius 1 is 1.19 bits per heavy atom. The minimum Gasteiger partial charge on any atom is -0.374 e. The molecular weight excluding hydrogens is 490 g/mol. The Labute approximate surface area is 219 Å². The number of aromatic nitrogens is 3. The summed E-state index contributed by atoms with van der Waals surface area (Å²) < 4.78 is 0. The Bertz CT molecular complexity index is 1270. The minimum absolute atomic E-state index is 0.0887. The van der Waals surface area contributed by atoms with Gasteiger partial charge < -0.3 is 25.5 Å². The number of carbonyl (C=O) groups excluding carboxylic acids is 2. The first kappa shape index (κ1) is 25.2. The number of hydrogen-bond donors (Lipinski definition) is 3. The van der Waals surface area contributed by atoms with E-state index in [2.05, 4.69) is 30.5 Å². The van der Waals surface area contributed by atoms with E-state index in [1.807, 2.05) is 50.4 Å². The van der Waals surface area contributed by atoms with Crippen molar-refractivity contribution in [1.82, 2.24) is 25.2 Å². The lowest BCUT2D eigenvalue weighted by atomic mass is 9.90. The maximum atomic E-state index is 13.8. The Morgan fingerprint density at radius 2 is 1.92 bits per heavy atom. The number of benzene rings is 1. The number of nitrogens with one attached hydrogen (secondary N) is 2. The molecule has 2 atom stereocenters. The molecule has 1 aromatic carbocycles. The van der Waals surface area contributed by atoms with Crippen molar-refractivity contribution in [3.05, 3.63) is 53.3 Å². The van der Waals surface area contributed by atoms with E-state index in [0.717, 1.165) is 22.0 Å². The van der Waals surface area contributed by atoms with Crippen LogP contribution < -0.4 is 15.5 Å². The number of amides is 2. The quantitative estimate of drug-likeness (QED) is 0.432. The number of anilines is 2. The van der Waals surface area contributed by atoms with Gasteiger partial charge in [0.05, 0.1) is 5.92 Å². The normalized spacial score (nSPS) is 19.1. The fourth-order valence-corrected chi connectivity index (χ4v) is 5.43. The van der Waals surface area contributed by atoms with Gasteiger partial charge >= 0.3 is 0 Å². The molecule has 1 unspecified atom stereocenters. The Hall–Kier alpha value is -3.41. The largest absolute Gasteiger partial charge is 0.374 e.